The number of aromatic nitrogens is 1. The second-order valence-corrected chi connectivity index (χ2v) is 6.53. The molecule has 0 bridgehead atoms. The summed E-state index contributed by atoms with van der Waals surface area (Å²) >= 11 is 1.78. The fourth-order valence-electron chi connectivity index (χ4n) is 2.53. The summed E-state index contributed by atoms with van der Waals surface area (Å²) in [5.41, 5.74) is 1.20. The Kier molecular flexibility index (Phi) is 6.42. The number of nitrogens with zero attached hydrogens (tertiary/aromatic N) is 1. The van der Waals surface area contributed by atoms with Crippen molar-refractivity contribution in [1.29, 1.82) is 0 Å². The second kappa shape index (κ2) is 8.08. The minimum absolute atomic E-state index is 0.339. The lowest BCUT2D eigenvalue weighted by Gasteiger charge is -2.29. The third kappa shape index (κ3) is 4.25. The zero-order valence-electron chi connectivity index (χ0n) is 12.7. The van der Waals surface area contributed by atoms with Crippen LogP contribution in [0.15, 0.2) is 5.38 Å². The largest absolute Gasteiger partial charge is 0.383 e. The first-order valence-electron chi connectivity index (χ1n) is 7.47. The minimum Gasteiger partial charge on any atom is -0.383 e. The van der Waals surface area contributed by atoms with E-state index in [4.69, 9.17) is 14.5 Å². The van der Waals surface area contributed by atoms with Crippen molar-refractivity contribution < 1.29 is 9.47 Å². The number of methoxy groups -OCH3 is 1. The molecule has 0 saturated carbocycles. The predicted octanol–water partition coefficient (Wildman–Crippen LogP) is 2.97. The summed E-state index contributed by atoms with van der Waals surface area (Å²) in [5, 5.41) is 7.04. The van der Waals surface area contributed by atoms with Crippen molar-refractivity contribution in [3.05, 3.63) is 16.1 Å². The highest BCUT2D eigenvalue weighted by atomic mass is 32.1. The highest BCUT2D eigenvalue weighted by molar-refractivity contribution is 7.09. The van der Waals surface area contributed by atoms with Gasteiger partial charge in [0.25, 0.3) is 0 Å². The molecule has 1 unspecified atom stereocenters. The van der Waals surface area contributed by atoms with Crippen LogP contribution in [-0.2, 0) is 9.47 Å². The van der Waals surface area contributed by atoms with E-state index in [1.165, 1.54) is 10.7 Å². The van der Waals surface area contributed by atoms with Crippen LogP contribution in [0, 0.1) is 5.92 Å². The van der Waals surface area contributed by atoms with Gasteiger partial charge in [-0.2, -0.15) is 0 Å². The Balaban J connectivity index is 2.06. The fraction of sp³-hybridized carbons (Fsp3) is 0.800. The molecule has 20 heavy (non-hydrogen) atoms. The van der Waals surface area contributed by atoms with E-state index in [0.29, 0.717) is 17.9 Å². The van der Waals surface area contributed by atoms with Crippen molar-refractivity contribution in [1.82, 2.24) is 10.3 Å². The highest BCUT2D eigenvalue weighted by Crippen LogP contribution is 2.32. The third-order valence-electron chi connectivity index (χ3n) is 3.81. The van der Waals surface area contributed by atoms with Crippen LogP contribution in [0.5, 0.6) is 0 Å². The molecule has 2 heterocycles. The summed E-state index contributed by atoms with van der Waals surface area (Å²) in [7, 11) is 1.74. The lowest BCUT2D eigenvalue weighted by molar-refractivity contribution is 0.0524. The first-order valence-corrected chi connectivity index (χ1v) is 8.35. The van der Waals surface area contributed by atoms with Crippen molar-refractivity contribution in [2.45, 2.75) is 38.6 Å². The fourth-order valence-corrected chi connectivity index (χ4v) is 3.68. The van der Waals surface area contributed by atoms with E-state index in [9.17, 15) is 0 Å². The molecule has 1 N–H and O–H groups in total. The van der Waals surface area contributed by atoms with Gasteiger partial charge in [0.05, 0.1) is 18.3 Å². The summed E-state index contributed by atoms with van der Waals surface area (Å²) in [5.74, 6) is 1.11. The molecule has 0 aliphatic carbocycles. The molecular weight excluding hydrogens is 272 g/mol. The number of hydrogen-bond donors (Lipinski definition) is 1. The van der Waals surface area contributed by atoms with Gasteiger partial charge in [0.1, 0.15) is 5.01 Å². The topological polar surface area (TPSA) is 43.4 Å². The van der Waals surface area contributed by atoms with Crippen molar-refractivity contribution >= 4 is 11.3 Å². The molecule has 1 saturated heterocycles. The Morgan fingerprint density at radius 1 is 1.45 bits per heavy atom. The van der Waals surface area contributed by atoms with E-state index in [1.54, 1.807) is 18.4 Å². The molecule has 114 valence electrons. The Morgan fingerprint density at radius 3 is 2.80 bits per heavy atom. The molecule has 0 spiro atoms. The van der Waals surface area contributed by atoms with Gasteiger partial charge in [0.2, 0.25) is 0 Å². The van der Waals surface area contributed by atoms with Crippen LogP contribution in [0.3, 0.4) is 0 Å². The van der Waals surface area contributed by atoms with E-state index >= 15 is 0 Å². The highest BCUT2D eigenvalue weighted by Gasteiger charge is 2.27. The lowest BCUT2D eigenvalue weighted by atomic mass is 9.92. The number of ether oxygens (including phenoxy) is 2. The Morgan fingerprint density at radius 2 is 2.20 bits per heavy atom. The molecule has 1 aliphatic heterocycles. The molecule has 0 radical (unpaired) electrons. The van der Waals surface area contributed by atoms with Crippen molar-refractivity contribution in [3.63, 3.8) is 0 Å². The predicted molar refractivity (Wildman–Crippen MR) is 82.4 cm³/mol. The SMILES string of the molecule is COCCNC(c1nc(C(C)C)cs1)C1CCOCC1. The molecule has 5 heteroatoms. The van der Waals surface area contributed by atoms with Crippen LogP contribution in [0.1, 0.15) is 49.4 Å². The Labute approximate surface area is 125 Å². The monoisotopic (exact) mass is 298 g/mol. The Hall–Kier alpha value is -0.490. The maximum Gasteiger partial charge on any atom is 0.110 e. The van der Waals surface area contributed by atoms with E-state index in [-0.39, 0.29) is 0 Å². The first kappa shape index (κ1) is 15.9. The maximum absolute atomic E-state index is 5.49. The van der Waals surface area contributed by atoms with E-state index < -0.39 is 0 Å². The zero-order chi connectivity index (χ0) is 14.4. The average Bonchev–Trinajstić information content (AvgIpc) is 2.94. The lowest BCUT2D eigenvalue weighted by Crippen LogP contribution is -2.34. The van der Waals surface area contributed by atoms with Gasteiger partial charge >= 0.3 is 0 Å². The number of rotatable bonds is 7. The van der Waals surface area contributed by atoms with Crippen molar-refractivity contribution in [3.8, 4) is 0 Å². The quantitative estimate of drug-likeness (QED) is 0.786. The molecular formula is C15H26N2O2S. The zero-order valence-corrected chi connectivity index (χ0v) is 13.5. The molecule has 1 aromatic rings. The molecule has 1 fully saturated rings. The van der Waals surface area contributed by atoms with Crippen LogP contribution >= 0.6 is 11.3 Å². The summed E-state index contributed by atoms with van der Waals surface area (Å²) in [6.07, 6.45) is 2.22. The van der Waals surface area contributed by atoms with Gasteiger partial charge in [-0.05, 0) is 24.7 Å². The van der Waals surface area contributed by atoms with Gasteiger partial charge in [-0.15, -0.1) is 11.3 Å². The van der Waals surface area contributed by atoms with Crippen molar-refractivity contribution in [2.24, 2.45) is 5.92 Å². The van der Waals surface area contributed by atoms with E-state index in [0.717, 1.165) is 39.2 Å². The van der Waals surface area contributed by atoms with Gasteiger partial charge < -0.3 is 14.8 Å². The number of thiazole rings is 1. The van der Waals surface area contributed by atoms with Crippen LogP contribution in [0.2, 0.25) is 0 Å². The van der Waals surface area contributed by atoms with Gasteiger partial charge in [-0.3, -0.25) is 0 Å². The van der Waals surface area contributed by atoms with E-state index in [1.807, 2.05) is 0 Å². The molecule has 0 aromatic carbocycles. The van der Waals surface area contributed by atoms with Crippen LogP contribution in [-0.4, -0.2) is 38.5 Å². The van der Waals surface area contributed by atoms with Gasteiger partial charge in [0, 0.05) is 32.2 Å². The maximum atomic E-state index is 5.49. The normalized spacial score (nSPS) is 18.6. The van der Waals surface area contributed by atoms with Crippen LogP contribution in [0.25, 0.3) is 0 Å². The summed E-state index contributed by atoms with van der Waals surface area (Å²) < 4.78 is 10.6. The summed E-state index contributed by atoms with van der Waals surface area (Å²) in [6, 6.07) is 0.339. The summed E-state index contributed by atoms with van der Waals surface area (Å²) in [4.78, 5) is 4.84. The molecule has 2 rings (SSSR count). The molecule has 4 nitrogen and oxygen atoms in total. The molecule has 1 aliphatic rings. The first-order chi connectivity index (χ1) is 9.72. The standard InChI is InChI=1S/C15H26N2O2S/c1-11(2)13-10-20-15(17-13)14(16-6-9-18-3)12-4-7-19-8-5-12/h10-12,14,16H,4-9H2,1-3H3. The summed E-state index contributed by atoms with van der Waals surface area (Å²) in [6.45, 7) is 7.74. The molecule has 1 atom stereocenters. The van der Waals surface area contributed by atoms with Gasteiger partial charge in [0.15, 0.2) is 0 Å². The van der Waals surface area contributed by atoms with Gasteiger partial charge in [-0.25, -0.2) is 4.98 Å². The third-order valence-corrected chi connectivity index (χ3v) is 4.75. The Bertz CT molecular complexity index is 389. The van der Waals surface area contributed by atoms with Crippen molar-refractivity contribution in [2.75, 3.05) is 33.5 Å². The average molecular weight is 298 g/mol. The van der Waals surface area contributed by atoms with Crippen LogP contribution in [0.4, 0.5) is 0 Å². The second-order valence-electron chi connectivity index (χ2n) is 5.64. The minimum atomic E-state index is 0.339. The number of hydrogen-bond acceptors (Lipinski definition) is 5. The smallest absolute Gasteiger partial charge is 0.110 e. The molecule has 0 amide bonds. The van der Waals surface area contributed by atoms with Gasteiger partial charge in [-0.1, -0.05) is 13.8 Å². The number of nitrogens with one attached hydrogen (secondary N) is 1. The van der Waals surface area contributed by atoms with Crippen LogP contribution < -0.4 is 5.32 Å². The molecule has 1 aromatic heterocycles. The van der Waals surface area contributed by atoms with E-state index in [2.05, 4.69) is 24.5 Å².